The van der Waals surface area contributed by atoms with Crippen molar-refractivity contribution in [3.63, 3.8) is 0 Å². The monoisotopic (exact) mass is 435 g/mol. The van der Waals surface area contributed by atoms with Gasteiger partial charge in [0.05, 0.1) is 24.3 Å². The molecule has 3 heterocycles. The van der Waals surface area contributed by atoms with Crippen LogP contribution in [0.5, 0.6) is 0 Å². The fourth-order valence-electron chi connectivity index (χ4n) is 3.89. The van der Waals surface area contributed by atoms with Crippen molar-refractivity contribution in [1.82, 2.24) is 4.90 Å². The van der Waals surface area contributed by atoms with Crippen LogP contribution in [0.1, 0.15) is 30.2 Å². The Hall–Kier alpha value is -2.09. The highest BCUT2D eigenvalue weighted by atomic mass is 35.5. The lowest BCUT2D eigenvalue weighted by Crippen LogP contribution is -2.35. The number of fused-ring (bicyclic) bond motifs is 1. The van der Waals surface area contributed by atoms with E-state index in [-0.39, 0.29) is 17.5 Å². The number of furan rings is 1. The lowest BCUT2D eigenvalue weighted by molar-refractivity contribution is 0.180. The summed E-state index contributed by atoms with van der Waals surface area (Å²) in [6.07, 6.45) is 2.88. The predicted molar refractivity (Wildman–Crippen MR) is 112 cm³/mol. The molecule has 1 aromatic carbocycles. The maximum atomic E-state index is 12.2. The van der Waals surface area contributed by atoms with Crippen LogP contribution < -0.4 is 5.63 Å². The van der Waals surface area contributed by atoms with Crippen molar-refractivity contribution in [1.29, 1.82) is 0 Å². The number of aryl methyl sites for hydroxylation is 1. The molecule has 6 nitrogen and oxygen atoms in total. The van der Waals surface area contributed by atoms with Crippen LogP contribution in [0.4, 0.5) is 0 Å². The molecule has 0 radical (unpaired) electrons. The Labute approximate surface area is 174 Å². The van der Waals surface area contributed by atoms with Crippen molar-refractivity contribution in [3.05, 3.63) is 68.9 Å². The first-order valence-electron chi connectivity index (χ1n) is 9.56. The van der Waals surface area contributed by atoms with E-state index in [0.717, 1.165) is 28.7 Å². The SMILES string of the molecule is CCc1cc2oc(=O)cc(CN(Cc3ccco3)C3CCS(=O)(=O)C3)c2cc1Cl. The van der Waals surface area contributed by atoms with Crippen molar-refractivity contribution in [2.45, 2.75) is 38.9 Å². The third-order valence-corrected chi connectivity index (χ3v) is 7.52. The van der Waals surface area contributed by atoms with Crippen molar-refractivity contribution < 1.29 is 17.3 Å². The molecule has 1 saturated heterocycles. The Bertz CT molecular complexity index is 1180. The molecule has 0 spiro atoms. The summed E-state index contributed by atoms with van der Waals surface area (Å²) in [5.41, 5.74) is 1.73. The molecule has 0 bridgehead atoms. The number of sulfone groups is 1. The third-order valence-electron chi connectivity index (χ3n) is 5.42. The molecule has 8 heteroatoms. The maximum Gasteiger partial charge on any atom is 0.336 e. The second-order valence-corrected chi connectivity index (χ2v) is 10.1. The van der Waals surface area contributed by atoms with Gasteiger partial charge in [-0.05, 0) is 48.2 Å². The average Bonchev–Trinajstić information content (AvgIpc) is 3.30. The molecule has 1 aliphatic rings. The molecule has 29 heavy (non-hydrogen) atoms. The highest BCUT2D eigenvalue weighted by molar-refractivity contribution is 7.91. The van der Waals surface area contributed by atoms with Crippen molar-refractivity contribution >= 4 is 32.4 Å². The Morgan fingerprint density at radius 3 is 2.69 bits per heavy atom. The van der Waals surface area contributed by atoms with E-state index < -0.39 is 15.5 Å². The molecule has 0 amide bonds. The van der Waals surface area contributed by atoms with Gasteiger partial charge in [0.25, 0.3) is 0 Å². The summed E-state index contributed by atoms with van der Waals surface area (Å²) in [6.45, 7) is 2.83. The van der Waals surface area contributed by atoms with E-state index in [2.05, 4.69) is 4.90 Å². The molecule has 0 N–H and O–H groups in total. The van der Waals surface area contributed by atoms with Crippen LogP contribution in [0.3, 0.4) is 0 Å². The highest BCUT2D eigenvalue weighted by Crippen LogP contribution is 2.29. The number of benzene rings is 1. The summed E-state index contributed by atoms with van der Waals surface area (Å²) >= 11 is 6.40. The summed E-state index contributed by atoms with van der Waals surface area (Å²) < 4.78 is 35.0. The zero-order chi connectivity index (χ0) is 20.6. The number of hydrogen-bond acceptors (Lipinski definition) is 6. The minimum atomic E-state index is -3.05. The van der Waals surface area contributed by atoms with E-state index in [9.17, 15) is 13.2 Å². The van der Waals surface area contributed by atoms with Crippen molar-refractivity contribution in [2.75, 3.05) is 11.5 Å². The minimum Gasteiger partial charge on any atom is -0.468 e. The Kier molecular flexibility index (Phi) is 5.55. The molecule has 1 unspecified atom stereocenters. The summed E-state index contributed by atoms with van der Waals surface area (Å²) in [5, 5.41) is 1.38. The van der Waals surface area contributed by atoms with E-state index in [1.807, 2.05) is 19.1 Å². The average molecular weight is 436 g/mol. The zero-order valence-corrected chi connectivity index (χ0v) is 17.6. The Morgan fingerprint density at radius 2 is 2.03 bits per heavy atom. The minimum absolute atomic E-state index is 0.105. The molecule has 0 aliphatic carbocycles. The van der Waals surface area contributed by atoms with Gasteiger partial charge in [0.1, 0.15) is 11.3 Å². The smallest absolute Gasteiger partial charge is 0.336 e. The summed E-state index contributed by atoms with van der Waals surface area (Å²) in [4.78, 5) is 14.2. The van der Waals surface area contributed by atoms with Gasteiger partial charge in [-0.3, -0.25) is 4.90 Å². The topological polar surface area (TPSA) is 80.7 Å². The van der Waals surface area contributed by atoms with Crippen molar-refractivity contribution in [3.8, 4) is 0 Å². The second-order valence-electron chi connectivity index (χ2n) is 7.43. The summed E-state index contributed by atoms with van der Waals surface area (Å²) in [6, 6.07) is 8.61. The standard InChI is InChI=1S/C21H22ClNO5S/c1-2-14-8-20-18(10-19(14)22)15(9-21(24)28-20)11-23(12-17-4-3-6-27-17)16-5-7-29(25,26)13-16/h3-4,6,8-10,16H,2,5,7,11-13H2,1H3. The van der Waals surface area contributed by atoms with Crippen LogP contribution in [0.15, 0.2) is 50.2 Å². The van der Waals surface area contributed by atoms with Gasteiger partial charge in [0, 0.05) is 29.1 Å². The zero-order valence-electron chi connectivity index (χ0n) is 16.1. The highest BCUT2D eigenvalue weighted by Gasteiger charge is 2.33. The molecule has 154 valence electrons. The number of rotatable bonds is 6. The quantitative estimate of drug-likeness (QED) is 0.548. The number of hydrogen-bond donors (Lipinski definition) is 0. The fraction of sp³-hybridized carbons (Fsp3) is 0.381. The van der Waals surface area contributed by atoms with E-state index in [1.165, 1.54) is 6.07 Å². The van der Waals surface area contributed by atoms with Gasteiger partial charge in [-0.2, -0.15) is 0 Å². The van der Waals surface area contributed by atoms with Crippen LogP contribution >= 0.6 is 11.6 Å². The molecule has 3 aromatic rings. The van der Waals surface area contributed by atoms with E-state index in [1.54, 1.807) is 18.4 Å². The second kappa shape index (κ2) is 7.97. The molecule has 0 saturated carbocycles. The molecule has 1 atom stereocenters. The van der Waals surface area contributed by atoms with Crippen LogP contribution in [0, 0.1) is 0 Å². The molecular formula is C21H22ClNO5S. The van der Waals surface area contributed by atoms with Crippen LogP contribution in [0.25, 0.3) is 11.0 Å². The van der Waals surface area contributed by atoms with E-state index in [0.29, 0.717) is 30.1 Å². The van der Waals surface area contributed by atoms with Gasteiger partial charge >= 0.3 is 5.63 Å². The molecule has 4 rings (SSSR count). The Balaban J connectivity index is 1.74. The third kappa shape index (κ3) is 4.42. The molecule has 1 fully saturated rings. The lowest BCUT2D eigenvalue weighted by atomic mass is 10.0. The summed E-state index contributed by atoms with van der Waals surface area (Å²) in [5.74, 6) is 1.02. The molecule has 2 aromatic heterocycles. The largest absolute Gasteiger partial charge is 0.468 e. The molecular weight excluding hydrogens is 414 g/mol. The van der Waals surface area contributed by atoms with Gasteiger partial charge in [0.15, 0.2) is 9.84 Å². The first-order valence-corrected chi connectivity index (χ1v) is 11.8. The van der Waals surface area contributed by atoms with Crippen LogP contribution in [-0.2, 0) is 29.3 Å². The van der Waals surface area contributed by atoms with Gasteiger partial charge in [-0.15, -0.1) is 0 Å². The maximum absolute atomic E-state index is 12.2. The Morgan fingerprint density at radius 1 is 1.21 bits per heavy atom. The van der Waals surface area contributed by atoms with Gasteiger partial charge in [-0.1, -0.05) is 18.5 Å². The predicted octanol–water partition coefficient (Wildman–Crippen LogP) is 3.79. The van der Waals surface area contributed by atoms with Crippen LogP contribution in [-0.4, -0.2) is 30.9 Å². The molecule has 1 aliphatic heterocycles. The normalized spacial score (nSPS) is 18.7. The summed E-state index contributed by atoms with van der Waals surface area (Å²) in [7, 11) is -3.05. The van der Waals surface area contributed by atoms with Gasteiger partial charge in [0.2, 0.25) is 0 Å². The van der Waals surface area contributed by atoms with Crippen LogP contribution in [0.2, 0.25) is 5.02 Å². The fourth-order valence-corrected chi connectivity index (χ4v) is 5.95. The number of nitrogens with zero attached hydrogens (tertiary/aromatic N) is 1. The van der Waals surface area contributed by atoms with E-state index >= 15 is 0 Å². The lowest BCUT2D eigenvalue weighted by Gasteiger charge is -2.27. The van der Waals surface area contributed by atoms with E-state index in [4.69, 9.17) is 20.4 Å². The first-order chi connectivity index (χ1) is 13.8. The number of halogens is 1. The first kappa shape index (κ1) is 20.2. The van der Waals surface area contributed by atoms with Crippen molar-refractivity contribution in [2.24, 2.45) is 0 Å². The van der Waals surface area contributed by atoms with Gasteiger partial charge < -0.3 is 8.83 Å². The van der Waals surface area contributed by atoms with Gasteiger partial charge in [-0.25, -0.2) is 13.2 Å².